The van der Waals surface area contributed by atoms with E-state index in [4.69, 9.17) is 5.11 Å². The Morgan fingerprint density at radius 2 is 2.12 bits per heavy atom. The van der Waals surface area contributed by atoms with Crippen molar-refractivity contribution in [2.24, 2.45) is 0 Å². The second-order valence-electron chi connectivity index (χ2n) is 4.54. The van der Waals surface area contributed by atoms with Crippen LogP contribution in [-0.2, 0) is 0 Å². The summed E-state index contributed by atoms with van der Waals surface area (Å²) in [4.78, 5) is 4.73. The van der Waals surface area contributed by atoms with E-state index in [1.165, 1.54) is 5.69 Å². The van der Waals surface area contributed by atoms with Gasteiger partial charge in [0.2, 0.25) is 0 Å². The zero-order valence-corrected chi connectivity index (χ0v) is 11.7. The number of benzene rings is 1. The first-order valence-electron chi connectivity index (χ1n) is 6.03. The summed E-state index contributed by atoms with van der Waals surface area (Å²) in [6.07, 6.45) is 0.845. The lowest BCUT2D eigenvalue weighted by Crippen LogP contribution is -2.51. The number of aliphatic hydroxyl groups excluding tert-OH is 1. The van der Waals surface area contributed by atoms with Crippen molar-refractivity contribution < 1.29 is 5.11 Å². The minimum absolute atomic E-state index is 0.263. The number of likely N-dealkylation sites (N-methyl/N-ethyl adjacent to an activating group) is 1. The third-order valence-corrected chi connectivity index (χ3v) is 4.10. The molecular weight excluding hydrogens is 280 g/mol. The lowest BCUT2D eigenvalue weighted by molar-refractivity contribution is 0.171. The summed E-state index contributed by atoms with van der Waals surface area (Å²) in [5.74, 6) is 0. The number of anilines is 1. The lowest BCUT2D eigenvalue weighted by Gasteiger charge is -2.40. The molecule has 1 aliphatic heterocycles. The number of hydrogen-bond donors (Lipinski definition) is 1. The van der Waals surface area contributed by atoms with Crippen LogP contribution in [-0.4, -0.2) is 49.3 Å². The number of piperazine rings is 1. The maximum absolute atomic E-state index is 9.09. The van der Waals surface area contributed by atoms with Crippen molar-refractivity contribution in [2.45, 2.75) is 12.5 Å². The molecule has 0 radical (unpaired) electrons. The van der Waals surface area contributed by atoms with Crippen LogP contribution in [0.5, 0.6) is 0 Å². The highest BCUT2D eigenvalue weighted by Gasteiger charge is 2.24. The van der Waals surface area contributed by atoms with Gasteiger partial charge in [-0.15, -0.1) is 0 Å². The van der Waals surface area contributed by atoms with Gasteiger partial charge in [-0.3, -0.25) is 4.90 Å². The van der Waals surface area contributed by atoms with Crippen molar-refractivity contribution in [3.8, 4) is 0 Å². The van der Waals surface area contributed by atoms with Crippen LogP contribution in [0.4, 0.5) is 5.69 Å². The van der Waals surface area contributed by atoms with Crippen LogP contribution in [0, 0.1) is 0 Å². The van der Waals surface area contributed by atoms with E-state index in [1.54, 1.807) is 0 Å². The van der Waals surface area contributed by atoms with Gasteiger partial charge in [0.25, 0.3) is 0 Å². The van der Waals surface area contributed by atoms with Gasteiger partial charge < -0.3 is 10.0 Å². The molecule has 0 saturated carbocycles. The first-order valence-corrected chi connectivity index (χ1v) is 6.82. The van der Waals surface area contributed by atoms with Gasteiger partial charge in [0.15, 0.2) is 0 Å². The summed E-state index contributed by atoms with van der Waals surface area (Å²) >= 11 is 3.60. The van der Waals surface area contributed by atoms with E-state index in [-0.39, 0.29) is 6.61 Å². The second-order valence-corrected chi connectivity index (χ2v) is 5.40. The summed E-state index contributed by atoms with van der Waals surface area (Å²) in [5, 5.41) is 9.09. The largest absolute Gasteiger partial charge is 0.396 e. The molecule has 1 heterocycles. The van der Waals surface area contributed by atoms with Crippen molar-refractivity contribution in [3.05, 3.63) is 28.7 Å². The summed E-state index contributed by atoms with van der Waals surface area (Å²) in [7, 11) is 2.14. The van der Waals surface area contributed by atoms with E-state index in [9.17, 15) is 0 Å². The predicted molar refractivity (Wildman–Crippen MR) is 74.5 cm³/mol. The number of para-hydroxylation sites is 1. The van der Waals surface area contributed by atoms with Crippen molar-refractivity contribution in [1.82, 2.24) is 4.90 Å². The van der Waals surface area contributed by atoms with E-state index in [0.29, 0.717) is 6.04 Å². The van der Waals surface area contributed by atoms with Crippen LogP contribution >= 0.6 is 15.9 Å². The molecule has 1 N–H and O–H groups in total. The molecular formula is C13H19BrN2O. The van der Waals surface area contributed by atoms with Gasteiger partial charge >= 0.3 is 0 Å². The number of rotatable bonds is 3. The van der Waals surface area contributed by atoms with E-state index >= 15 is 0 Å². The molecule has 3 nitrogen and oxygen atoms in total. The number of hydrogen-bond acceptors (Lipinski definition) is 3. The van der Waals surface area contributed by atoms with E-state index in [0.717, 1.165) is 30.5 Å². The first kappa shape index (κ1) is 12.9. The highest BCUT2D eigenvalue weighted by atomic mass is 79.9. The molecule has 0 bridgehead atoms. The Bertz CT molecular complexity index is 372. The fourth-order valence-electron chi connectivity index (χ4n) is 2.33. The SMILES string of the molecule is CN1CCN(c2ccccc2Br)CC1CCO. The number of aliphatic hydroxyl groups is 1. The average Bonchev–Trinajstić information content (AvgIpc) is 2.33. The Labute approximate surface area is 111 Å². The molecule has 0 spiro atoms. The molecule has 2 rings (SSSR count). The van der Waals surface area contributed by atoms with Gasteiger partial charge in [0, 0.05) is 36.8 Å². The third-order valence-electron chi connectivity index (χ3n) is 3.43. The fraction of sp³-hybridized carbons (Fsp3) is 0.538. The molecule has 0 amide bonds. The third kappa shape index (κ3) is 3.00. The smallest absolute Gasteiger partial charge is 0.0511 e. The summed E-state index contributed by atoms with van der Waals surface area (Å²) in [6, 6.07) is 8.77. The molecule has 1 fully saturated rings. The maximum atomic E-state index is 9.09. The minimum Gasteiger partial charge on any atom is -0.396 e. The zero-order valence-electron chi connectivity index (χ0n) is 10.1. The fourth-order valence-corrected chi connectivity index (χ4v) is 2.87. The van der Waals surface area contributed by atoms with Gasteiger partial charge in [-0.25, -0.2) is 0 Å². The van der Waals surface area contributed by atoms with E-state index in [1.807, 2.05) is 6.07 Å². The Morgan fingerprint density at radius 1 is 1.35 bits per heavy atom. The molecule has 1 aromatic rings. The number of halogens is 1. The first-order chi connectivity index (χ1) is 8.22. The van der Waals surface area contributed by atoms with Crippen LogP contribution in [0.2, 0.25) is 0 Å². The van der Waals surface area contributed by atoms with E-state index in [2.05, 4.69) is 51.0 Å². The van der Waals surface area contributed by atoms with Crippen molar-refractivity contribution in [2.75, 3.05) is 38.2 Å². The van der Waals surface area contributed by atoms with Gasteiger partial charge in [0.1, 0.15) is 0 Å². The second kappa shape index (κ2) is 5.85. The highest BCUT2D eigenvalue weighted by Crippen LogP contribution is 2.27. The molecule has 1 aliphatic rings. The maximum Gasteiger partial charge on any atom is 0.0511 e. The van der Waals surface area contributed by atoms with Gasteiger partial charge in [-0.05, 0) is 41.5 Å². The van der Waals surface area contributed by atoms with Crippen LogP contribution < -0.4 is 4.90 Å². The lowest BCUT2D eigenvalue weighted by atomic mass is 10.1. The van der Waals surface area contributed by atoms with Gasteiger partial charge in [-0.1, -0.05) is 12.1 Å². The Hall–Kier alpha value is -0.580. The topological polar surface area (TPSA) is 26.7 Å². The predicted octanol–water partition coefficient (Wildman–Crippen LogP) is 1.95. The quantitative estimate of drug-likeness (QED) is 0.924. The van der Waals surface area contributed by atoms with Gasteiger partial charge in [-0.2, -0.15) is 0 Å². The molecule has 4 heteroatoms. The summed E-state index contributed by atoms with van der Waals surface area (Å²) in [5.41, 5.74) is 1.25. The average molecular weight is 299 g/mol. The molecule has 1 unspecified atom stereocenters. The molecule has 1 atom stereocenters. The highest BCUT2D eigenvalue weighted by molar-refractivity contribution is 9.10. The van der Waals surface area contributed by atoms with Crippen molar-refractivity contribution in [3.63, 3.8) is 0 Å². The summed E-state index contributed by atoms with van der Waals surface area (Å²) < 4.78 is 1.15. The van der Waals surface area contributed by atoms with Crippen molar-refractivity contribution >= 4 is 21.6 Å². The standard InChI is InChI=1S/C13H19BrN2O/c1-15-7-8-16(10-11(15)6-9-17)13-5-3-2-4-12(13)14/h2-5,11,17H,6-10H2,1H3. The van der Waals surface area contributed by atoms with E-state index < -0.39 is 0 Å². The van der Waals surface area contributed by atoms with Crippen LogP contribution in [0.1, 0.15) is 6.42 Å². The zero-order chi connectivity index (χ0) is 12.3. The van der Waals surface area contributed by atoms with Crippen LogP contribution in [0.25, 0.3) is 0 Å². The van der Waals surface area contributed by atoms with Gasteiger partial charge in [0.05, 0.1) is 5.69 Å². The molecule has 1 saturated heterocycles. The normalized spacial score (nSPS) is 21.8. The minimum atomic E-state index is 0.263. The summed E-state index contributed by atoms with van der Waals surface area (Å²) in [6.45, 7) is 3.34. The molecule has 1 aromatic carbocycles. The monoisotopic (exact) mass is 298 g/mol. The molecule has 94 valence electrons. The van der Waals surface area contributed by atoms with Crippen LogP contribution in [0.3, 0.4) is 0 Å². The van der Waals surface area contributed by atoms with Crippen molar-refractivity contribution in [1.29, 1.82) is 0 Å². The molecule has 17 heavy (non-hydrogen) atoms. The molecule has 0 aromatic heterocycles. The molecule has 0 aliphatic carbocycles. The Balaban J connectivity index is 2.10. The Morgan fingerprint density at radius 3 is 2.82 bits per heavy atom. The Kier molecular flexibility index (Phi) is 4.42. The number of nitrogens with zero attached hydrogens (tertiary/aromatic N) is 2. The van der Waals surface area contributed by atoms with Crippen LogP contribution in [0.15, 0.2) is 28.7 Å².